The van der Waals surface area contributed by atoms with E-state index in [4.69, 9.17) is 0 Å². The standard InChI is InChI=1S/C18H16N2O/c1-13-7-9-14(10-8-13)11-12-17-19-16-6-4-3-5-15(16)18(21)20(17)2/h3-12H,1-2H3. The van der Waals surface area contributed by atoms with Gasteiger partial charge in [-0.25, -0.2) is 4.98 Å². The largest absolute Gasteiger partial charge is 0.296 e. The predicted molar refractivity (Wildman–Crippen MR) is 87.1 cm³/mol. The third-order valence-corrected chi connectivity index (χ3v) is 3.52. The maximum absolute atomic E-state index is 12.3. The lowest BCUT2D eigenvalue weighted by molar-refractivity contribution is 0.828. The van der Waals surface area contributed by atoms with Crippen LogP contribution < -0.4 is 5.56 Å². The third-order valence-electron chi connectivity index (χ3n) is 3.52. The van der Waals surface area contributed by atoms with Gasteiger partial charge in [-0.2, -0.15) is 0 Å². The van der Waals surface area contributed by atoms with Crippen LogP contribution in [0, 0.1) is 6.92 Å². The van der Waals surface area contributed by atoms with Gasteiger partial charge in [-0.05, 0) is 30.7 Å². The first-order chi connectivity index (χ1) is 10.1. The quantitative estimate of drug-likeness (QED) is 0.719. The van der Waals surface area contributed by atoms with E-state index in [1.165, 1.54) is 5.56 Å². The number of hydrogen-bond donors (Lipinski definition) is 0. The summed E-state index contributed by atoms with van der Waals surface area (Å²) in [7, 11) is 1.75. The molecule has 0 bridgehead atoms. The van der Waals surface area contributed by atoms with Crippen molar-refractivity contribution in [2.24, 2.45) is 7.05 Å². The zero-order chi connectivity index (χ0) is 14.8. The lowest BCUT2D eigenvalue weighted by Crippen LogP contribution is -2.20. The van der Waals surface area contributed by atoms with Crippen molar-refractivity contribution in [3.05, 3.63) is 75.8 Å². The van der Waals surface area contributed by atoms with E-state index < -0.39 is 0 Å². The van der Waals surface area contributed by atoms with Gasteiger partial charge in [0, 0.05) is 7.05 Å². The van der Waals surface area contributed by atoms with E-state index in [2.05, 4.69) is 24.0 Å². The van der Waals surface area contributed by atoms with Crippen molar-refractivity contribution < 1.29 is 0 Å². The average Bonchev–Trinajstić information content (AvgIpc) is 2.51. The molecule has 0 N–H and O–H groups in total. The average molecular weight is 276 g/mol. The SMILES string of the molecule is Cc1ccc(C=Cc2nc3ccccc3c(=O)n2C)cc1. The van der Waals surface area contributed by atoms with E-state index in [0.717, 1.165) is 11.1 Å². The van der Waals surface area contributed by atoms with Crippen molar-refractivity contribution in [1.29, 1.82) is 0 Å². The number of aryl methyl sites for hydroxylation is 1. The summed E-state index contributed by atoms with van der Waals surface area (Å²) in [5.74, 6) is 0.652. The van der Waals surface area contributed by atoms with Crippen LogP contribution in [0.2, 0.25) is 0 Å². The molecule has 0 amide bonds. The Balaban J connectivity index is 2.06. The molecule has 0 spiro atoms. The van der Waals surface area contributed by atoms with Gasteiger partial charge in [-0.15, -0.1) is 0 Å². The lowest BCUT2D eigenvalue weighted by Gasteiger charge is -2.05. The van der Waals surface area contributed by atoms with E-state index >= 15 is 0 Å². The Kier molecular flexibility index (Phi) is 3.40. The molecule has 104 valence electrons. The molecule has 0 saturated heterocycles. The van der Waals surface area contributed by atoms with Crippen molar-refractivity contribution in [3.8, 4) is 0 Å². The fourth-order valence-electron chi connectivity index (χ4n) is 2.23. The lowest BCUT2D eigenvalue weighted by atomic mass is 10.1. The number of rotatable bonds is 2. The van der Waals surface area contributed by atoms with E-state index in [1.807, 2.05) is 42.5 Å². The predicted octanol–water partition coefficient (Wildman–Crippen LogP) is 3.41. The first-order valence-corrected chi connectivity index (χ1v) is 6.86. The second-order valence-corrected chi connectivity index (χ2v) is 5.10. The van der Waals surface area contributed by atoms with E-state index in [9.17, 15) is 4.79 Å². The molecule has 0 saturated carbocycles. The summed E-state index contributed by atoms with van der Waals surface area (Å²) in [6.07, 6.45) is 3.84. The molecule has 0 aliphatic rings. The van der Waals surface area contributed by atoms with Gasteiger partial charge < -0.3 is 0 Å². The number of fused-ring (bicyclic) bond motifs is 1. The molecule has 0 atom stereocenters. The molecular formula is C18H16N2O. The van der Waals surface area contributed by atoms with Crippen LogP contribution in [0.25, 0.3) is 23.1 Å². The minimum absolute atomic E-state index is 0.0239. The Morgan fingerprint density at radius 1 is 1.00 bits per heavy atom. The van der Waals surface area contributed by atoms with Crippen LogP contribution in [-0.2, 0) is 7.05 Å². The molecule has 1 aromatic heterocycles. The Morgan fingerprint density at radius 3 is 2.48 bits per heavy atom. The molecule has 3 aromatic rings. The van der Waals surface area contributed by atoms with Gasteiger partial charge in [-0.3, -0.25) is 9.36 Å². The Hall–Kier alpha value is -2.68. The van der Waals surface area contributed by atoms with Crippen LogP contribution in [0.1, 0.15) is 17.0 Å². The van der Waals surface area contributed by atoms with Gasteiger partial charge in [0.1, 0.15) is 5.82 Å². The second kappa shape index (κ2) is 5.37. The Labute approximate surface area is 123 Å². The highest BCUT2D eigenvalue weighted by molar-refractivity contribution is 5.79. The highest BCUT2D eigenvalue weighted by atomic mass is 16.1. The smallest absolute Gasteiger partial charge is 0.261 e. The minimum Gasteiger partial charge on any atom is -0.296 e. The zero-order valence-corrected chi connectivity index (χ0v) is 12.1. The molecule has 1 heterocycles. The Bertz CT molecular complexity index is 874. The summed E-state index contributed by atoms with van der Waals surface area (Å²) in [6, 6.07) is 15.6. The molecule has 0 aliphatic heterocycles. The molecule has 3 rings (SSSR count). The Morgan fingerprint density at radius 2 is 1.71 bits per heavy atom. The van der Waals surface area contributed by atoms with E-state index in [0.29, 0.717) is 11.2 Å². The maximum Gasteiger partial charge on any atom is 0.261 e. The first-order valence-electron chi connectivity index (χ1n) is 6.86. The molecule has 21 heavy (non-hydrogen) atoms. The maximum atomic E-state index is 12.3. The molecule has 0 radical (unpaired) electrons. The van der Waals surface area contributed by atoms with E-state index in [1.54, 1.807) is 17.7 Å². The summed E-state index contributed by atoms with van der Waals surface area (Å²) >= 11 is 0. The molecule has 0 aliphatic carbocycles. The fraction of sp³-hybridized carbons (Fsp3) is 0.111. The van der Waals surface area contributed by atoms with Crippen molar-refractivity contribution in [1.82, 2.24) is 9.55 Å². The van der Waals surface area contributed by atoms with Crippen LogP contribution in [0.15, 0.2) is 53.3 Å². The van der Waals surface area contributed by atoms with Crippen LogP contribution in [0.5, 0.6) is 0 Å². The van der Waals surface area contributed by atoms with Gasteiger partial charge >= 0.3 is 0 Å². The monoisotopic (exact) mass is 276 g/mol. The topological polar surface area (TPSA) is 34.9 Å². The van der Waals surface area contributed by atoms with Gasteiger partial charge in [0.15, 0.2) is 0 Å². The van der Waals surface area contributed by atoms with Crippen molar-refractivity contribution in [2.75, 3.05) is 0 Å². The number of hydrogen-bond acceptors (Lipinski definition) is 2. The number of para-hydroxylation sites is 1. The summed E-state index contributed by atoms with van der Waals surface area (Å²) < 4.78 is 1.58. The number of nitrogens with zero attached hydrogens (tertiary/aromatic N) is 2. The third kappa shape index (κ3) is 2.63. The summed E-state index contributed by atoms with van der Waals surface area (Å²) in [4.78, 5) is 16.8. The highest BCUT2D eigenvalue weighted by Crippen LogP contribution is 2.10. The van der Waals surface area contributed by atoms with Gasteiger partial charge in [0.05, 0.1) is 10.9 Å². The summed E-state index contributed by atoms with van der Waals surface area (Å²) in [6.45, 7) is 2.06. The van der Waals surface area contributed by atoms with Gasteiger partial charge in [0.25, 0.3) is 5.56 Å². The first kappa shape index (κ1) is 13.3. The van der Waals surface area contributed by atoms with Crippen LogP contribution in [-0.4, -0.2) is 9.55 Å². The fourth-order valence-corrected chi connectivity index (χ4v) is 2.23. The van der Waals surface area contributed by atoms with Crippen molar-refractivity contribution in [2.45, 2.75) is 6.92 Å². The van der Waals surface area contributed by atoms with Crippen molar-refractivity contribution >= 4 is 23.1 Å². The molecular weight excluding hydrogens is 260 g/mol. The zero-order valence-electron chi connectivity index (χ0n) is 12.1. The molecule has 3 nitrogen and oxygen atoms in total. The normalized spacial score (nSPS) is 11.3. The van der Waals surface area contributed by atoms with Gasteiger partial charge in [-0.1, -0.05) is 48.0 Å². The molecule has 0 fully saturated rings. The van der Waals surface area contributed by atoms with Crippen LogP contribution >= 0.6 is 0 Å². The van der Waals surface area contributed by atoms with Crippen LogP contribution in [0.3, 0.4) is 0 Å². The van der Waals surface area contributed by atoms with E-state index in [-0.39, 0.29) is 5.56 Å². The molecule has 3 heteroatoms. The van der Waals surface area contributed by atoms with Crippen molar-refractivity contribution in [3.63, 3.8) is 0 Å². The van der Waals surface area contributed by atoms with Crippen LogP contribution in [0.4, 0.5) is 0 Å². The molecule has 2 aromatic carbocycles. The highest BCUT2D eigenvalue weighted by Gasteiger charge is 2.04. The van der Waals surface area contributed by atoms with Gasteiger partial charge in [0.2, 0.25) is 0 Å². The number of benzene rings is 2. The molecule has 0 unspecified atom stereocenters. The summed E-state index contributed by atoms with van der Waals surface area (Å²) in [5, 5.41) is 0.646. The summed E-state index contributed by atoms with van der Waals surface area (Å²) in [5.41, 5.74) is 3.01. The minimum atomic E-state index is -0.0239. The second-order valence-electron chi connectivity index (χ2n) is 5.10. The number of aromatic nitrogens is 2.